The van der Waals surface area contributed by atoms with E-state index in [9.17, 15) is 0 Å². The zero-order valence-electron chi connectivity index (χ0n) is 9.01. The van der Waals surface area contributed by atoms with Crippen molar-refractivity contribution in [2.24, 2.45) is 0 Å². The van der Waals surface area contributed by atoms with Crippen LogP contribution in [0.3, 0.4) is 0 Å². The van der Waals surface area contributed by atoms with Gasteiger partial charge in [0.05, 0.1) is 12.7 Å². The van der Waals surface area contributed by atoms with Gasteiger partial charge in [-0.05, 0) is 32.1 Å². The van der Waals surface area contributed by atoms with Crippen molar-refractivity contribution in [3.05, 3.63) is 0 Å². The van der Waals surface area contributed by atoms with Crippen LogP contribution in [-0.2, 0) is 4.74 Å². The molecule has 0 spiro atoms. The maximum absolute atomic E-state index is 5.65. The number of rotatable bonds is 7. The molecule has 1 saturated carbocycles. The fraction of sp³-hybridized carbons (Fsp3) is 1.00. The summed E-state index contributed by atoms with van der Waals surface area (Å²) in [5.74, 6) is 0. The van der Waals surface area contributed by atoms with E-state index >= 15 is 0 Å². The van der Waals surface area contributed by atoms with E-state index in [0.29, 0.717) is 12.1 Å². The molecule has 0 aromatic carbocycles. The molecule has 0 aromatic rings. The Morgan fingerprint density at radius 2 is 2.00 bits per heavy atom. The van der Waals surface area contributed by atoms with Crippen molar-refractivity contribution >= 4 is 0 Å². The largest absolute Gasteiger partial charge is 0.377 e. The van der Waals surface area contributed by atoms with Gasteiger partial charge in [0, 0.05) is 12.6 Å². The Balaban J connectivity index is 1.87. The number of hydrogen-bond acceptors (Lipinski definition) is 2. The molecule has 1 rings (SSSR count). The molecule has 0 aliphatic heterocycles. The third-order valence-electron chi connectivity index (χ3n) is 2.93. The first-order chi connectivity index (χ1) is 6.36. The number of nitrogens with one attached hydrogen (secondary N) is 1. The molecule has 0 aromatic heterocycles. The molecule has 13 heavy (non-hydrogen) atoms. The molecule has 2 nitrogen and oxygen atoms in total. The van der Waals surface area contributed by atoms with E-state index in [1.165, 1.54) is 32.1 Å². The molecule has 1 aliphatic rings. The summed E-state index contributed by atoms with van der Waals surface area (Å²) < 4.78 is 5.65. The molecular weight excluding hydrogens is 162 g/mol. The van der Waals surface area contributed by atoms with Crippen LogP contribution in [0.15, 0.2) is 0 Å². The normalized spacial score (nSPS) is 17.8. The molecule has 0 amide bonds. The molecular formula is C11H23NO. The number of hydrogen-bond donors (Lipinski definition) is 1. The first-order valence-electron chi connectivity index (χ1n) is 5.71. The van der Waals surface area contributed by atoms with E-state index < -0.39 is 0 Å². The van der Waals surface area contributed by atoms with Crippen LogP contribution < -0.4 is 5.32 Å². The van der Waals surface area contributed by atoms with Crippen LogP contribution in [0.2, 0.25) is 0 Å². The highest BCUT2D eigenvalue weighted by molar-refractivity contribution is 4.69. The maximum Gasteiger partial charge on any atom is 0.0594 e. The van der Waals surface area contributed by atoms with Crippen LogP contribution >= 0.6 is 0 Å². The lowest BCUT2D eigenvalue weighted by Crippen LogP contribution is -2.33. The Morgan fingerprint density at radius 1 is 1.31 bits per heavy atom. The van der Waals surface area contributed by atoms with Crippen LogP contribution in [0.25, 0.3) is 0 Å². The van der Waals surface area contributed by atoms with Gasteiger partial charge in [0.1, 0.15) is 0 Å². The molecule has 0 atom stereocenters. The summed E-state index contributed by atoms with van der Waals surface area (Å²) in [6.07, 6.45) is 6.96. The summed E-state index contributed by atoms with van der Waals surface area (Å²) in [5.41, 5.74) is 0. The molecule has 1 N–H and O–H groups in total. The molecule has 1 fully saturated rings. The highest BCUT2D eigenvalue weighted by atomic mass is 16.5. The van der Waals surface area contributed by atoms with Crippen LogP contribution in [0.1, 0.15) is 46.0 Å². The quantitative estimate of drug-likeness (QED) is 0.615. The van der Waals surface area contributed by atoms with Crippen molar-refractivity contribution in [3.8, 4) is 0 Å². The lowest BCUT2D eigenvalue weighted by atomic mass is 9.96. The van der Waals surface area contributed by atoms with E-state index in [1.54, 1.807) is 0 Å². The maximum atomic E-state index is 5.65. The SMILES string of the molecule is CCC(CC)NCCOC1CCC1. The minimum atomic E-state index is 0.587. The smallest absolute Gasteiger partial charge is 0.0594 e. The molecule has 1 aliphatic carbocycles. The molecule has 0 saturated heterocycles. The van der Waals surface area contributed by atoms with E-state index in [0.717, 1.165) is 13.2 Å². The standard InChI is InChI=1S/C11H23NO/c1-3-10(4-2)12-8-9-13-11-6-5-7-11/h10-12H,3-9H2,1-2H3. The van der Waals surface area contributed by atoms with Gasteiger partial charge in [-0.1, -0.05) is 13.8 Å². The average molecular weight is 185 g/mol. The third kappa shape index (κ3) is 4.10. The lowest BCUT2D eigenvalue weighted by Gasteiger charge is -2.26. The summed E-state index contributed by atoms with van der Waals surface area (Å²) >= 11 is 0. The molecule has 0 unspecified atom stereocenters. The van der Waals surface area contributed by atoms with E-state index in [-0.39, 0.29) is 0 Å². The van der Waals surface area contributed by atoms with Crippen molar-refractivity contribution in [3.63, 3.8) is 0 Å². The van der Waals surface area contributed by atoms with E-state index in [4.69, 9.17) is 4.74 Å². The second kappa shape index (κ2) is 6.39. The molecule has 0 bridgehead atoms. The van der Waals surface area contributed by atoms with Gasteiger partial charge in [-0.3, -0.25) is 0 Å². The number of ether oxygens (including phenoxy) is 1. The topological polar surface area (TPSA) is 21.3 Å². The fourth-order valence-corrected chi connectivity index (χ4v) is 1.60. The Kier molecular flexibility index (Phi) is 5.40. The minimum absolute atomic E-state index is 0.587. The van der Waals surface area contributed by atoms with E-state index in [2.05, 4.69) is 19.2 Å². The van der Waals surface area contributed by atoms with Gasteiger partial charge in [-0.25, -0.2) is 0 Å². The predicted octanol–water partition coefficient (Wildman–Crippen LogP) is 2.33. The van der Waals surface area contributed by atoms with Gasteiger partial charge in [-0.2, -0.15) is 0 Å². The zero-order chi connectivity index (χ0) is 9.52. The highest BCUT2D eigenvalue weighted by Crippen LogP contribution is 2.21. The van der Waals surface area contributed by atoms with Gasteiger partial charge in [-0.15, -0.1) is 0 Å². The van der Waals surface area contributed by atoms with Gasteiger partial charge < -0.3 is 10.1 Å². The summed E-state index contributed by atoms with van der Waals surface area (Å²) in [4.78, 5) is 0. The highest BCUT2D eigenvalue weighted by Gasteiger charge is 2.17. The van der Waals surface area contributed by atoms with Crippen LogP contribution in [0.5, 0.6) is 0 Å². The predicted molar refractivity (Wildman–Crippen MR) is 56.0 cm³/mol. The lowest BCUT2D eigenvalue weighted by molar-refractivity contribution is 0.00345. The molecule has 78 valence electrons. The van der Waals surface area contributed by atoms with Crippen molar-refractivity contribution in [1.82, 2.24) is 5.32 Å². The van der Waals surface area contributed by atoms with E-state index in [1.807, 2.05) is 0 Å². The first-order valence-corrected chi connectivity index (χ1v) is 5.71. The third-order valence-corrected chi connectivity index (χ3v) is 2.93. The van der Waals surface area contributed by atoms with Gasteiger partial charge in [0.2, 0.25) is 0 Å². The Hall–Kier alpha value is -0.0800. The molecule has 0 radical (unpaired) electrons. The Bertz CT molecular complexity index is 119. The molecule has 2 heteroatoms. The summed E-state index contributed by atoms with van der Waals surface area (Å²) in [5, 5.41) is 3.50. The Morgan fingerprint density at radius 3 is 2.46 bits per heavy atom. The zero-order valence-corrected chi connectivity index (χ0v) is 9.01. The van der Waals surface area contributed by atoms with Gasteiger partial charge >= 0.3 is 0 Å². The minimum Gasteiger partial charge on any atom is -0.377 e. The van der Waals surface area contributed by atoms with Crippen LogP contribution in [0.4, 0.5) is 0 Å². The monoisotopic (exact) mass is 185 g/mol. The average Bonchev–Trinajstić information content (AvgIpc) is 2.08. The molecule has 0 heterocycles. The van der Waals surface area contributed by atoms with Crippen LogP contribution in [0, 0.1) is 0 Å². The summed E-state index contributed by atoms with van der Waals surface area (Å²) in [6, 6.07) is 0.685. The van der Waals surface area contributed by atoms with Crippen molar-refractivity contribution in [2.75, 3.05) is 13.2 Å². The second-order valence-corrected chi connectivity index (χ2v) is 3.89. The fourth-order valence-electron chi connectivity index (χ4n) is 1.60. The second-order valence-electron chi connectivity index (χ2n) is 3.89. The van der Waals surface area contributed by atoms with Gasteiger partial charge in [0.15, 0.2) is 0 Å². The van der Waals surface area contributed by atoms with Crippen molar-refractivity contribution in [2.45, 2.75) is 58.1 Å². The first kappa shape index (κ1) is 11.0. The van der Waals surface area contributed by atoms with Gasteiger partial charge in [0.25, 0.3) is 0 Å². The summed E-state index contributed by atoms with van der Waals surface area (Å²) in [6.45, 7) is 6.37. The Labute approximate surface area is 82.0 Å². The van der Waals surface area contributed by atoms with Crippen LogP contribution in [-0.4, -0.2) is 25.3 Å². The summed E-state index contributed by atoms with van der Waals surface area (Å²) in [7, 11) is 0. The van der Waals surface area contributed by atoms with Crippen molar-refractivity contribution < 1.29 is 4.74 Å². The van der Waals surface area contributed by atoms with Crippen molar-refractivity contribution in [1.29, 1.82) is 0 Å².